The Morgan fingerprint density at radius 2 is 2.06 bits per heavy atom. The van der Waals surface area contributed by atoms with E-state index in [1.165, 1.54) is 0 Å². The molecule has 17 heavy (non-hydrogen) atoms. The molecule has 0 spiro atoms. The Hall–Kier alpha value is -1.14. The maximum absolute atomic E-state index is 11.2. The van der Waals surface area contributed by atoms with Crippen LogP contribution in [0.5, 0.6) is 0 Å². The number of nitrogens with zero attached hydrogens (tertiary/aromatic N) is 1. The molecule has 0 atom stereocenters. The molecule has 1 aliphatic heterocycles. The number of likely N-dealkylation sites (N-methyl/N-ethyl adjacent to an activating group) is 1. The van der Waals surface area contributed by atoms with Crippen molar-refractivity contribution in [2.45, 2.75) is 13.3 Å². The number of hydrogen-bond donors (Lipinski definition) is 1. The molecule has 0 aromatic heterocycles. The smallest absolute Gasteiger partial charge is 0.229 e. The fourth-order valence-corrected chi connectivity index (χ4v) is 2.94. The molecular weight excluding hydrogens is 256 g/mol. The number of rotatable bonds is 2. The summed E-state index contributed by atoms with van der Waals surface area (Å²) in [7, 11) is -1.30. The van der Waals surface area contributed by atoms with Crippen LogP contribution in [-0.2, 0) is 16.4 Å². The second-order valence-corrected chi connectivity index (χ2v) is 6.52. The Balaban J connectivity index is 2.47. The van der Waals surface area contributed by atoms with Crippen molar-refractivity contribution in [3.8, 4) is 0 Å². The lowest BCUT2D eigenvalue weighted by Gasteiger charge is -2.16. The molecule has 0 fully saturated rings. The largest absolute Gasteiger partial charge is 0.338 e. The summed E-state index contributed by atoms with van der Waals surface area (Å²) >= 11 is 5.25. The Kier molecular flexibility index (Phi) is 2.87. The minimum atomic E-state index is -3.23. The molecule has 92 valence electrons. The molecule has 4 nitrogen and oxygen atoms in total. The highest BCUT2D eigenvalue weighted by atomic mass is 32.2. The average molecular weight is 270 g/mol. The molecule has 1 heterocycles. The zero-order chi connectivity index (χ0) is 12.8. The van der Waals surface area contributed by atoms with Crippen LogP contribution < -0.4 is 9.62 Å². The number of nitrogens with one attached hydrogen (secondary N) is 1. The van der Waals surface area contributed by atoms with Gasteiger partial charge in [0.05, 0.1) is 11.2 Å². The highest BCUT2D eigenvalue weighted by Crippen LogP contribution is 2.34. The van der Waals surface area contributed by atoms with Gasteiger partial charge in [-0.15, -0.1) is 0 Å². The molecule has 6 heteroatoms. The van der Waals surface area contributed by atoms with Gasteiger partial charge < -0.3 is 4.90 Å². The lowest BCUT2D eigenvalue weighted by Crippen LogP contribution is -2.19. The first-order valence-electron chi connectivity index (χ1n) is 5.16. The summed E-state index contributed by atoms with van der Waals surface area (Å²) in [5, 5.41) is 0. The van der Waals surface area contributed by atoms with Crippen molar-refractivity contribution < 1.29 is 8.42 Å². The lowest BCUT2D eigenvalue weighted by atomic mass is 10.1. The van der Waals surface area contributed by atoms with Gasteiger partial charge in [-0.3, -0.25) is 4.72 Å². The van der Waals surface area contributed by atoms with Gasteiger partial charge in [0.25, 0.3) is 0 Å². The van der Waals surface area contributed by atoms with Crippen LogP contribution in [0.25, 0.3) is 0 Å². The SMILES string of the molecule is Cc1cc(NS(C)(=O)=O)cc2c1N(C)C(=S)C2. The Morgan fingerprint density at radius 1 is 1.41 bits per heavy atom. The molecular formula is C11H14N2O2S2. The number of benzene rings is 1. The molecule has 1 N–H and O–H groups in total. The summed E-state index contributed by atoms with van der Waals surface area (Å²) in [6.07, 6.45) is 1.84. The van der Waals surface area contributed by atoms with Crippen LogP contribution in [0.1, 0.15) is 11.1 Å². The molecule has 0 bridgehead atoms. The number of hydrogen-bond acceptors (Lipinski definition) is 3. The van der Waals surface area contributed by atoms with Gasteiger partial charge in [-0.05, 0) is 30.2 Å². The zero-order valence-corrected chi connectivity index (χ0v) is 11.6. The van der Waals surface area contributed by atoms with Crippen LogP contribution in [-0.4, -0.2) is 26.7 Å². The predicted molar refractivity (Wildman–Crippen MR) is 74.4 cm³/mol. The molecule has 0 unspecified atom stereocenters. The fourth-order valence-electron chi connectivity index (χ4n) is 2.15. The summed E-state index contributed by atoms with van der Waals surface area (Å²) < 4.78 is 24.9. The van der Waals surface area contributed by atoms with E-state index in [2.05, 4.69) is 4.72 Å². The Labute approximate surface area is 107 Å². The standard InChI is InChI=1S/C11H14N2O2S2/c1-7-4-9(12-17(3,14)15)5-8-6-10(16)13(2)11(7)8/h4-5,12H,6H2,1-3H3. The van der Waals surface area contributed by atoms with Gasteiger partial charge in [-0.25, -0.2) is 8.42 Å². The molecule has 1 aromatic carbocycles. The first-order chi connectivity index (χ1) is 7.78. The van der Waals surface area contributed by atoms with E-state index in [1.54, 1.807) is 0 Å². The number of thiocarbonyl (C=S) groups is 1. The van der Waals surface area contributed by atoms with Crippen molar-refractivity contribution in [2.75, 3.05) is 22.9 Å². The number of anilines is 2. The summed E-state index contributed by atoms with van der Waals surface area (Å²) in [4.78, 5) is 2.84. The third kappa shape index (κ3) is 2.42. The van der Waals surface area contributed by atoms with Crippen molar-refractivity contribution in [3.05, 3.63) is 23.3 Å². The van der Waals surface area contributed by atoms with Gasteiger partial charge in [0, 0.05) is 24.8 Å². The molecule has 0 saturated heterocycles. The number of aryl methyl sites for hydroxylation is 1. The van der Waals surface area contributed by atoms with E-state index in [0.29, 0.717) is 12.1 Å². The van der Waals surface area contributed by atoms with E-state index >= 15 is 0 Å². The van der Waals surface area contributed by atoms with Crippen molar-refractivity contribution in [2.24, 2.45) is 0 Å². The van der Waals surface area contributed by atoms with Gasteiger partial charge in [0.1, 0.15) is 0 Å². The Morgan fingerprint density at radius 3 is 2.65 bits per heavy atom. The third-order valence-electron chi connectivity index (χ3n) is 2.73. The zero-order valence-electron chi connectivity index (χ0n) is 9.94. The number of sulfonamides is 1. The van der Waals surface area contributed by atoms with E-state index in [4.69, 9.17) is 12.2 Å². The van der Waals surface area contributed by atoms with Crippen molar-refractivity contribution in [1.29, 1.82) is 0 Å². The van der Waals surface area contributed by atoms with Crippen LogP contribution in [0.3, 0.4) is 0 Å². The molecule has 0 radical (unpaired) electrons. The van der Waals surface area contributed by atoms with E-state index in [9.17, 15) is 8.42 Å². The summed E-state index contributed by atoms with van der Waals surface area (Å²) in [5.74, 6) is 0. The molecule has 1 aliphatic rings. The summed E-state index contributed by atoms with van der Waals surface area (Å²) in [6, 6.07) is 3.67. The van der Waals surface area contributed by atoms with Crippen LogP contribution in [0, 0.1) is 6.92 Å². The van der Waals surface area contributed by atoms with Crippen LogP contribution in [0.4, 0.5) is 11.4 Å². The first kappa shape index (κ1) is 12.3. The molecule has 0 amide bonds. The van der Waals surface area contributed by atoms with E-state index in [-0.39, 0.29) is 0 Å². The van der Waals surface area contributed by atoms with Gasteiger partial charge in [-0.2, -0.15) is 0 Å². The summed E-state index contributed by atoms with van der Waals surface area (Å²) in [6.45, 7) is 1.96. The fraction of sp³-hybridized carbons (Fsp3) is 0.364. The number of fused-ring (bicyclic) bond motifs is 1. The third-order valence-corrected chi connectivity index (χ3v) is 3.76. The molecule has 0 aliphatic carbocycles. The second-order valence-electron chi connectivity index (χ2n) is 4.30. The van der Waals surface area contributed by atoms with Crippen LogP contribution in [0.2, 0.25) is 0 Å². The van der Waals surface area contributed by atoms with Crippen molar-refractivity contribution >= 4 is 38.6 Å². The maximum Gasteiger partial charge on any atom is 0.229 e. The quantitative estimate of drug-likeness (QED) is 0.831. The maximum atomic E-state index is 11.2. The predicted octanol–water partition coefficient (Wildman–Crippen LogP) is 1.69. The van der Waals surface area contributed by atoms with Gasteiger partial charge >= 0.3 is 0 Å². The van der Waals surface area contributed by atoms with Gasteiger partial charge in [0.2, 0.25) is 10.0 Å². The van der Waals surface area contributed by atoms with Crippen molar-refractivity contribution in [1.82, 2.24) is 0 Å². The molecule has 0 saturated carbocycles. The van der Waals surface area contributed by atoms with Gasteiger partial charge in [-0.1, -0.05) is 12.2 Å². The van der Waals surface area contributed by atoms with E-state index < -0.39 is 10.0 Å². The monoisotopic (exact) mass is 270 g/mol. The molecule has 1 aromatic rings. The average Bonchev–Trinajstić information content (AvgIpc) is 2.39. The normalized spacial score (nSPS) is 15.0. The minimum Gasteiger partial charge on any atom is -0.338 e. The highest BCUT2D eigenvalue weighted by Gasteiger charge is 2.23. The van der Waals surface area contributed by atoms with Crippen molar-refractivity contribution in [3.63, 3.8) is 0 Å². The van der Waals surface area contributed by atoms with Gasteiger partial charge in [0.15, 0.2) is 0 Å². The summed E-state index contributed by atoms with van der Waals surface area (Å²) in [5.41, 5.74) is 3.79. The highest BCUT2D eigenvalue weighted by molar-refractivity contribution is 7.92. The topological polar surface area (TPSA) is 49.4 Å². The first-order valence-corrected chi connectivity index (χ1v) is 7.46. The van der Waals surface area contributed by atoms with Crippen LogP contribution in [0.15, 0.2) is 12.1 Å². The lowest BCUT2D eigenvalue weighted by molar-refractivity contribution is 0.607. The van der Waals surface area contributed by atoms with Crippen LogP contribution >= 0.6 is 12.2 Å². The minimum absolute atomic E-state index is 0.599. The Bertz CT molecular complexity index is 594. The van der Waals surface area contributed by atoms with E-state index in [0.717, 1.165) is 28.1 Å². The van der Waals surface area contributed by atoms with E-state index in [1.807, 2.05) is 31.0 Å². The molecule has 2 rings (SSSR count). The second kappa shape index (κ2) is 3.96.